The van der Waals surface area contributed by atoms with Crippen LogP contribution in [0, 0.1) is 13.8 Å². The maximum atomic E-state index is 13.4. The molecular formula is C27H37Cl2N3O4S. The molecule has 0 radical (unpaired) electrons. The van der Waals surface area contributed by atoms with Crippen LogP contribution in [-0.2, 0) is 26.2 Å². The average Bonchev–Trinajstić information content (AvgIpc) is 2.75. The maximum absolute atomic E-state index is 13.4. The van der Waals surface area contributed by atoms with Gasteiger partial charge in [0.1, 0.15) is 6.04 Å². The highest BCUT2D eigenvalue weighted by Gasteiger charge is 2.29. The minimum atomic E-state index is -3.57. The van der Waals surface area contributed by atoms with Crippen LogP contribution in [0.25, 0.3) is 0 Å². The summed E-state index contributed by atoms with van der Waals surface area (Å²) in [5.41, 5.74) is 2.55. The molecule has 0 aliphatic heterocycles. The largest absolute Gasteiger partial charge is 0.350 e. The number of nitrogens with one attached hydrogen (secondary N) is 1. The molecule has 37 heavy (non-hydrogen) atoms. The number of amides is 2. The Hall–Kier alpha value is -2.29. The van der Waals surface area contributed by atoms with Gasteiger partial charge in [-0.05, 0) is 82.9 Å². The summed E-state index contributed by atoms with van der Waals surface area (Å²) in [6, 6.07) is 9.85. The Kier molecular flexibility index (Phi) is 10.5. The summed E-state index contributed by atoms with van der Waals surface area (Å²) in [5.74, 6) is -0.573. The van der Waals surface area contributed by atoms with Crippen LogP contribution in [-0.4, -0.2) is 49.5 Å². The molecule has 204 valence electrons. The van der Waals surface area contributed by atoms with Crippen LogP contribution in [0.4, 0.5) is 5.69 Å². The first-order valence-electron chi connectivity index (χ1n) is 12.1. The van der Waals surface area contributed by atoms with E-state index in [0.29, 0.717) is 21.3 Å². The van der Waals surface area contributed by atoms with E-state index in [-0.39, 0.29) is 37.7 Å². The second kappa shape index (κ2) is 12.5. The summed E-state index contributed by atoms with van der Waals surface area (Å²) in [7, 11) is -3.57. The van der Waals surface area contributed by atoms with Crippen molar-refractivity contribution in [2.45, 2.75) is 72.5 Å². The Balaban J connectivity index is 2.26. The fourth-order valence-corrected chi connectivity index (χ4v) is 5.34. The highest BCUT2D eigenvalue weighted by molar-refractivity contribution is 7.92. The third kappa shape index (κ3) is 9.20. The Labute approximate surface area is 231 Å². The third-order valence-corrected chi connectivity index (χ3v) is 7.57. The molecule has 0 heterocycles. The normalized spacial score (nSPS) is 12.7. The summed E-state index contributed by atoms with van der Waals surface area (Å²) < 4.78 is 26.5. The maximum Gasteiger partial charge on any atom is 0.242 e. The van der Waals surface area contributed by atoms with Crippen molar-refractivity contribution in [1.82, 2.24) is 10.2 Å². The smallest absolute Gasteiger partial charge is 0.242 e. The molecule has 2 rings (SSSR count). The van der Waals surface area contributed by atoms with Gasteiger partial charge in [-0.15, -0.1) is 0 Å². The Morgan fingerprint density at radius 1 is 1.05 bits per heavy atom. The topological polar surface area (TPSA) is 86.8 Å². The zero-order valence-electron chi connectivity index (χ0n) is 22.6. The molecule has 0 aliphatic rings. The molecule has 0 bridgehead atoms. The first-order chi connectivity index (χ1) is 17.0. The number of anilines is 1. The summed E-state index contributed by atoms with van der Waals surface area (Å²) in [4.78, 5) is 27.9. The SMILES string of the molecule is Cc1ccc(C)c(N(CCCC(=O)N(Cc2ccc(Cl)cc2Cl)[C@H](C)C(=O)NC(C)(C)C)S(C)(=O)=O)c1. The van der Waals surface area contributed by atoms with Gasteiger partial charge in [0.2, 0.25) is 21.8 Å². The zero-order valence-corrected chi connectivity index (χ0v) is 24.9. The molecular weight excluding hydrogens is 533 g/mol. The van der Waals surface area contributed by atoms with E-state index in [1.807, 2.05) is 52.8 Å². The summed E-state index contributed by atoms with van der Waals surface area (Å²) in [6.07, 6.45) is 1.48. The van der Waals surface area contributed by atoms with E-state index in [1.54, 1.807) is 25.1 Å². The number of hydrogen-bond acceptors (Lipinski definition) is 4. The number of aryl methyl sites for hydroxylation is 2. The standard InChI is InChI=1S/C27H37Cl2N3O4S/c1-18-10-11-19(2)24(15-18)32(37(7,35)36)14-8-9-25(33)31(20(3)26(34)30-27(4,5)6)17-21-12-13-22(28)16-23(21)29/h10-13,15-16,20H,8-9,14,17H2,1-7H3,(H,30,34)/t20-/m1/s1. The lowest BCUT2D eigenvalue weighted by Crippen LogP contribution is -2.52. The number of nitrogens with zero attached hydrogens (tertiary/aromatic N) is 2. The van der Waals surface area contributed by atoms with Gasteiger partial charge in [-0.2, -0.15) is 0 Å². The van der Waals surface area contributed by atoms with Gasteiger partial charge >= 0.3 is 0 Å². The lowest BCUT2D eigenvalue weighted by Gasteiger charge is -2.32. The van der Waals surface area contributed by atoms with E-state index < -0.39 is 21.6 Å². The van der Waals surface area contributed by atoms with Gasteiger partial charge in [0.05, 0.1) is 11.9 Å². The first kappa shape index (κ1) is 30.9. The summed E-state index contributed by atoms with van der Waals surface area (Å²) >= 11 is 12.4. The summed E-state index contributed by atoms with van der Waals surface area (Å²) in [6.45, 7) is 11.3. The Morgan fingerprint density at radius 2 is 1.70 bits per heavy atom. The van der Waals surface area contributed by atoms with Crippen LogP contribution in [0.5, 0.6) is 0 Å². The van der Waals surface area contributed by atoms with Crippen LogP contribution >= 0.6 is 23.2 Å². The van der Waals surface area contributed by atoms with Crippen molar-refractivity contribution < 1.29 is 18.0 Å². The lowest BCUT2D eigenvalue weighted by molar-refractivity contribution is -0.141. The third-order valence-electron chi connectivity index (χ3n) is 5.81. The van der Waals surface area contributed by atoms with Crippen molar-refractivity contribution in [3.63, 3.8) is 0 Å². The van der Waals surface area contributed by atoms with Crippen LogP contribution < -0.4 is 9.62 Å². The van der Waals surface area contributed by atoms with Crippen LogP contribution in [0.15, 0.2) is 36.4 Å². The molecule has 0 fully saturated rings. The van der Waals surface area contributed by atoms with Crippen molar-refractivity contribution in [2.75, 3.05) is 17.1 Å². The van der Waals surface area contributed by atoms with Crippen molar-refractivity contribution in [1.29, 1.82) is 0 Å². The van der Waals surface area contributed by atoms with E-state index in [9.17, 15) is 18.0 Å². The highest BCUT2D eigenvalue weighted by Crippen LogP contribution is 2.26. The molecule has 0 saturated carbocycles. The molecule has 0 unspecified atom stereocenters. The predicted molar refractivity (Wildman–Crippen MR) is 152 cm³/mol. The van der Waals surface area contributed by atoms with E-state index in [1.165, 1.54) is 9.21 Å². The number of carbonyl (C=O) groups is 2. The first-order valence-corrected chi connectivity index (χ1v) is 14.7. The van der Waals surface area contributed by atoms with E-state index in [4.69, 9.17) is 23.2 Å². The van der Waals surface area contributed by atoms with Gasteiger partial charge in [0, 0.05) is 35.1 Å². The Morgan fingerprint density at radius 3 is 2.27 bits per heavy atom. The molecule has 1 atom stereocenters. The zero-order chi connectivity index (χ0) is 28.1. The molecule has 1 N–H and O–H groups in total. The molecule has 2 aromatic carbocycles. The second-order valence-corrected chi connectivity index (χ2v) is 13.2. The fourth-order valence-electron chi connectivity index (χ4n) is 3.86. The minimum Gasteiger partial charge on any atom is -0.350 e. The van der Waals surface area contributed by atoms with Crippen molar-refractivity contribution >= 4 is 50.7 Å². The number of halogens is 2. The van der Waals surface area contributed by atoms with Gasteiger partial charge in [-0.1, -0.05) is 41.4 Å². The summed E-state index contributed by atoms with van der Waals surface area (Å²) in [5, 5.41) is 3.78. The van der Waals surface area contributed by atoms with Crippen LogP contribution in [0.3, 0.4) is 0 Å². The number of benzene rings is 2. The molecule has 0 aliphatic carbocycles. The van der Waals surface area contributed by atoms with Crippen molar-refractivity contribution in [3.05, 3.63) is 63.1 Å². The monoisotopic (exact) mass is 569 g/mol. The van der Waals surface area contributed by atoms with E-state index in [0.717, 1.165) is 17.4 Å². The van der Waals surface area contributed by atoms with Crippen molar-refractivity contribution in [3.8, 4) is 0 Å². The van der Waals surface area contributed by atoms with Crippen LogP contribution in [0.1, 0.15) is 57.2 Å². The molecule has 7 nitrogen and oxygen atoms in total. The predicted octanol–water partition coefficient (Wildman–Crippen LogP) is 5.49. The fraction of sp³-hybridized carbons (Fsp3) is 0.481. The number of carbonyl (C=O) groups excluding carboxylic acids is 2. The average molecular weight is 571 g/mol. The van der Waals surface area contributed by atoms with Crippen molar-refractivity contribution in [2.24, 2.45) is 0 Å². The number of rotatable bonds is 10. The quantitative estimate of drug-likeness (QED) is 0.410. The van der Waals surface area contributed by atoms with Gasteiger partial charge in [0.25, 0.3) is 0 Å². The number of hydrogen-bond donors (Lipinski definition) is 1. The van der Waals surface area contributed by atoms with E-state index in [2.05, 4.69) is 5.32 Å². The molecule has 0 aromatic heterocycles. The second-order valence-electron chi connectivity index (χ2n) is 10.4. The number of sulfonamides is 1. The highest BCUT2D eigenvalue weighted by atomic mass is 35.5. The molecule has 10 heteroatoms. The van der Waals surface area contributed by atoms with E-state index >= 15 is 0 Å². The molecule has 0 saturated heterocycles. The van der Waals surface area contributed by atoms with Crippen LogP contribution in [0.2, 0.25) is 10.0 Å². The van der Waals surface area contributed by atoms with Gasteiger partial charge in [-0.25, -0.2) is 8.42 Å². The van der Waals surface area contributed by atoms with Gasteiger partial charge in [-0.3, -0.25) is 13.9 Å². The molecule has 0 spiro atoms. The lowest BCUT2D eigenvalue weighted by atomic mass is 10.1. The Bertz CT molecular complexity index is 1240. The minimum absolute atomic E-state index is 0.0508. The molecule has 2 aromatic rings. The molecule has 2 amide bonds. The van der Waals surface area contributed by atoms with Gasteiger partial charge < -0.3 is 10.2 Å². The van der Waals surface area contributed by atoms with Gasteiger partial charge in [0.15, 0.2) is 0 Å².